The molecule has 1 heterocycles. The van der Waals surface area contributed by atoms with Gasteiger partial charge < -0.3 is 20.1 Å². The highest BCUT2D eigenvalue weighted by molar-refractivity contribution is 7.86. The summed E-state index contributed by atoms with van der Waals surface area (Å²) >= 11 is 0. The fourth-order valence-corrected chi connectivity index (χ4v) is 2.27. The number of hydrogen-bond donors (Lipinski definition) is 3. The van der Waals surface area contributed by atoms with Crippen LogP contribution in [0, 0.1) is 0 Å². The SMILES string of the molecule is CS(=O)(=O)OC[C@@H]1OC(O)(COS(C)(=O)=O)[C@@H](O)[C@@H]1O. The van der Waals surface area contributed by atoms with Gasteiger partial charge in [0.25, 0.3) is 20.2 Å². The highest BCUT2D eigenvalue weighted by Gasteiger charge is 2.54. The Hall–Kier alpha value is -0.340. The zero-order chi connectivity index (χ0) is 15.8. The summed E-state index contributed by atoms with van der Waals surface area (Å²) in [7, 11) is -7.71. The van der Waals surface area contributed by atoms with Crippen molar-refractivity contribution in [2.45, 2.75) is 24.1 Å². The quantitative estimate of drug-likeness (QED) is 0.421. The van der Waals surface area contributed by atoms with E-state index in [0.29, 0.717) is 0 Å². The first-order chi connectivity index (χ1) is 8.84. The minimum absolute atomic E-state index is 0.655. The van der Waals surface area contributed by atoms with Crippen LogP contribution in [-0.4, -0.2) is 82.0 Å². The molecule has 0 aromatic carbocycles. The van der Waals surface area contributed by atoms with E-state index in [1.807, 2.05) is 0 Å². The predicted molar refractivity (Wildman–Crippen MR) is 63.4 cm³/mol. The van der Waals surface area contributed by atoms with Crippen molar-refractivity contribution >= 4 is 20.2 Å². The maximum absolute atomic E-state index is 10.8. The molecule has 1 saturated heterocycles. The first kappa shape index (κ1) is 17.7. The normalized spacial score (nSPS) is 35.4. The molecule has 0 aromatic rings. The van der Waals surface area contributed by atoms with E-state index >= 15 is 0 Å². The van der Waals surface area contributed by atoms with Crippen molar-refractivity contribution in [1.29, 1.82) is 0 Å². The van der Waals surface area contributed by atoms with Crippen molar-refractivity contribution in [3.05, 3.63) is 0 Å². The van der Waals surface area contributed by atoms with Crippen molar-refractivity contribution in [2.24, 2.45) is 0 Å². The summed E-state index contributed by atoms with van der Waals surface area (Å²) < 4.78 is 56.8. The standard InChI is InChI=1S/C8H16O10S2/c1-19(12,13)16-3-5-6(9)7(10)8(11,18-5)4-17-20(2,14)15/h5-7,9-11H,3-4H2,1-2H3/t5-,6+,7-,8?/m0/s1. The maximum Gasteiger partial charge on any atom is 0.264 e. The lowest BCUT2D eigenvalue weighted by Crippen LogP contribution is -2.47. The van der Waals surface area contributed by atoms with Gasteiger partial charge in [-0.25, -0.2) is 0 Å². The van der Waals surface area contributed by atoms with Crippen LogP contribution in [0.1, 0.15) is 0 Å². The molecular formula is C8H16O10S2. The molecule has 0 aromatic heterocycles. The van der Waals surface area contributed by atoms with Crippen LogP contribution >= 0.6 is 0 Å². The van der Waals surface area contributed by atoms with Crippen LogP contribution in [-0.2, 0) is 33.3 Å². The zero-order valence-corrected chi connectivity index (χ0v) is 12.3. The van der Waals surface area contributed by atoms with Gasteiger partial charge in [-0.2, -0.15) is 16.8 Å². The summed E-state index contributed by atoms with van der Waals surface area (Å²) in [5, 5.41) is 29.1. The summed E-state index contributed by atoms with van der Waals surface area (Å²) in [5.41, 5.74) is 0. The molecule has 1 aliphatic heterocycles. The van der Waals surface area contributed by atoms with Crippen LogP contribution in [0.4, 0.5) is 0 Å². The van der Waals surface area contributed by atoms with E-state index < -0.39 is 57.5 Å². The highest BCUT2D eigenvalue weighted by atomic mass is 32.2. The van der Waals surface area contributed by atoms with E-state index in [-0.39, 0.29) is 0 Å². The van der Waals surface area contributed by atoms with E-state index in [2.05, 4.69) is 8.37 Å². The molecule has 1 aliphatic rings. The number of rotatable bonds is 6. The van der Waals surface area contributed by atoms with E-state index in [0.717, 1.165) is 12.5 Å². The third-order valence-electron chi connectivity index (χ3n) is 2.45. The Kier molecular flexibility index (Phi) is 5.14. The van der Waals surface area contributed by atoms with E-state index in [1.54, 1.807) is 0 Å². The molecule has 0 saturated carbocycles. The van der Waals surface area contributed by atoms with Crippen LogP contribution in [0.15, 0.2) is 0 Å². The van der Waals surface area contributed by atoms with Crippen LogP contribution < -0.4 is 0 Å². The van der Waals surface area contributed by atoms with Crippen LogP contribution in [0.25, 0.3) is 0 Å². The molecule has 20 heavy (non-hydrogen) atoms. The molecule has 0 spiro atoms. The van der Waals surface area contributed by atoms with Gasteiger partial charge in [-0.3, -0.25) is 8.37 Å². The second-order valence-electron chi connectivity index (χ2n) is 4.39. The lowest BCUT2D eigenvalue weighted by molar-refractivity contribution is -0.242. The van der Waals surface area contributed by atoms with E-state index in [1.165, 1.54) is 0 Å². The fourth-order valence-electron chi connectivity index (χ4n) is 1.51. The third kappa shape index (κ3) is 4.89. The van der Waals surface area contributed by atoms with Crippen molar-refractivity contribution < 1.29 is 45.3 Å². The van der Waals surface area contributed by atoms with Gasteiger partial charge in [-0.05, 0) is 0 Å². The Morgan fingerprint density at radius 2 is 1.60 bits per heavy atom. The van der Waals surface area contributed by atoms with Gasteiger partial charge in [0.05, 0.1) is 19.1 Å². The van der Waals surface area contributed by atoms with Crippen LogP contribution in [0.2, 0.25) is 0 Å². The molecule has 0 bridgehead atoms. The van der Waals surface area contributed by atoms with Crippen molar-refractivity contribution in [1.82, 2.24) is 0 Å². The summed E-state index contributed by atoms with van der Waals surface area (Å²) in [5.74, 6) is -2.49. The summed E-state index contributed by atoms with van der Waals surface area (Å²) in [6, 6.07) is 0. The van der Waals surface area contributed by atoms with E-state index in [4.69, 9.17) is 4.74 Å². The average molecular weight is 336 g/mol. The average Bonchev–Trinajstić information content (AvgIpc) is 2.48. The Labute approximate surface area is 116 Å². The number of aliphatic hydroxyl groups is 3. The molecule has 4 atom stereocenters. The largest absolute Gasteiger partial charge is 0.387 e. The first-order valence-corrected chi connectivity index (χ1v) is 8.92. The molecular weight excluding hydrogens is 320 g/mol. The Bertz CT molecular complexity index is 540. The molecule has 1 fully saturated rings. The first-order valence-electron chi connectivity index (χ1n) is 5.29. The molecule has 12 heteroatoms. The third-order valence-corrected chi connectivity index (χ3v) is 3.56. The van der Waals surface area contributed by atoms with Gasteiger partial charge in [0.15, 0.2) is 0 Å². The van der Waals surface area contributed by atoms with E-state index in [9.17, 15) is 32.2 Å². The Morgan fingerprint density at radius 1 is 1.10 bits per heavy atom. The fraction of sp³-hybridized carbons (Fsp3) is 1.00. The molecule has 0 radical (unpaired) electrons. The molecule has 120 valence electrons. The second-order valence-corrected chi connectivity index (χ2v) is 7.68. The van der Waals surface area contributed by atoms with Crippen LogP contribution in [0.3, 0.4) is 0 Å². The molecule has 0 aliphatic carbocycles. The summed E-state index contributed by atoms with van der Waals surface area (Å²) in [4.78, 5) is 0. The topological polar surface area (TPSA) is 157 Å². The van der Waals surface area contributed by atoms with Gasteiger partial charge in [-0.1, -0.05) is 0 Å². The number of aliphatic hydroxyl groups excluding tert-OH is 2. The lowest BCUT2D eigenvalue weighted by Gasteiger charge is -2.24. The summed E-state index contributed by atoms with van der Waals surface area (Å²) in [6.07, 6.45) is -3.45. The van der Waals surface area contributed by atoms with Gasteiger partial charge >= 0.3 is 0 Å². The lowest BCUT2D eigenvalue weighted by atomic mass is 10.1. The van der Waals surface area contributed by atoms with Gasteiger partial charge in [0.1, 0.15) is 24.9 Å². The molecule has 1 rings (SSSR count). The monoisotopic (exact) mass is 336 g/mol. The van der Waals surface area contributed by atoms with Crippen molar-refractivity contribution in [3.63, 3.8) is 0 Å². The Morgan fingerprint density at radius 3 is 2.05 bits per heavy atom. The summed E-state index contributed by atoms with van der Waals surface area (Å²) in [6.45, 7) is -1.61. The zero-order valence-electron chi connectivity index (χ0n) is 10.7. The second kappa shape index (κ2) is 5.81. The van der Waals surface area contributed by atoms with Crippen molar-refractivity contribution in [3.8, 4) is 0 Å². The van der Waals surface area contributed by atoms with Gasteiger partial charge in [0.2, 0.25) is 5.79 Å². The molecule has 1 unspecified atom stereocenters. The molecule has 0 amide bonds. The minimum Gasteiger partial charge on any atom is -0.387 e. The number of ether oxygens (including phenoxy) is 1. The van der Waals surface area contributed by atoms with Gasteiger partial charge in [-0.15, -0.1) is 0 Å². The highest BCUT2D eigenvalue weighted by Crippen LogP contribution is 2.30. The van der Waals surface area contributed by atoms with Gasteiger partial charge in [0, 0.05) is 0 Å². The molecule has 3 N–H and O–H groups in total. The molecule has 10 nitrogen and oxygen atoms in total. The predicted octanol–water partition coefficient (Wildman–Crippen LogP) is -3.25. The minimum atomic E-state index is -3.90. The number of hydrogen-bond acceptors (Lipinski definition) is 10. The maximum atomic E-state index is 10.8. The van der Waals surface area contributed by atoms with Crippen molar-refractivity contribution in [2.75, 3.05) is 25.7 Å². The van der Waals surface area contributed by atoms with Crippen LogP contribution in [0.5, 0.6) is 0 Å². The smallest absolute Gasteiger partial charge is 0.264 e. The Balaban J connectivity index is 2.72.